The second-order valence-electron chi connectivity index (χ2n) is 4.51. The van der Waals surface area contributed by atoms with E-state index in [2.05, 4.69) is 16.4 Å². The first-order valence-electron chi connectivity index (χ1n) is 5.41. The molecule has 1 aromatic rings. The van der Waals surface area contributed by atoms with Crippen molar-refractivity contribution in [1.29, 1.82) is 5.26 Å². The lowest BCUT2D eigenvalue weighted by molar-refractivity contribution is 0.219. The van der Waals surface area contributed by atoms with Gasteiger partial charge in [0.15, 0.2) is 0 Å². The summed E-state index contributed by atoms with van der Waals surface area (Å²) in [6.07, 6.45) is 2.13. The summed E-state index contributed by atoms with van der Waals surface area (Å²) in [5.74, 6) is 0.719. The van der Waals surface area contributed by atoms with Gasteiger partial charge in [0.2, 0.25) is 0 Å². The zero-order chi connectivity index (χ0) is 11.6. The number of rotatable bonds is 4. The second kappa shape index (κ2) is 4.11. The highest BCUT2D eigenvalue weighted by Crippen LogP contribution is 2.44. The van der Waals surface area contributed by atoms with Gasteiger partial charge in [-0.25, -0.2) is 4.98 Å². The highest BCUT2D eigenvalue weighted by molar-refractivity contribution is 5.44. The number of aliphatic hydroxyl groups is 1. The summed E-state index contributed by atoms with van der Waals surface area (Å²) in [4.78, 5) is 4.30. The molecule has 1 aliphatic rings. The van der Waals surface area contributed by atoms with Gasteiger partial charge >= 0.3 is 0 Å². The number of aromatic nitrogens is 1. The van der Waals surface area contributed by atoms with Crippen molar-refractivity contribution < 1.29 is 5.11 Å². The molecule has 0 aromatic carbocycles. The van der Waals surface area contributed by atoms with Crippen LogP contribution in [-0.2, 0) is 0 Å². The Balaban J connectivity index is 2.04. The Morgan fingerprint density at radius 1 is 1.56 bits per heavy atom. The quantitative estimate of drug-likeness (QED) is 0.800. The summed E-state index contributed by atoms with van der Waals surface area (Å²) in [6, 6.07) is 5.60. The molecule has 0 bridgehead atoms. The van der Waals surface area contributed by atoms with E-state index in [1.54, 1.807) is 12.1 Å². The number of aryl methyl sites for hydroxylation is 1. The smallest absolute Gasteiger partial charge is 0.127 e. The fourth-order valence-corrected chi connectivity index (χ4v) is 1.67. The molecule has 0 spiro atoms. The van der Waals surface area contributed by atoms with Crippen molar-refractivity contribution in [3.8, 4) is 6.07 Å². The number of nitriles is 1. The van der Waals surface area contributed by atoms with Crippen LogP contribution in [-0.4, -0.2) is 23.2 Å². The molecule has 1 heterocycles. The van der Waals surface area contributed by atoms with Gasteiger partial charge in [-0.2, -0.15) is 5.26 Å². The topological polar surface area (TPSA) is 68.9 Å². The van der Waals surface area contributed by atoms with Crippen LogP contribution in [0.2, 0.25) is 0 Å². The lowest BCUT2D eigenvalue weighted by atomic mass is 10.1. The van der Waals surface area contributed by atoms with Gasteiger partial charge in [0.25, 0.3) is 0 Å². The minimum atomic E-state index is 0.0538. The van der Waals surface area contributed by atoms with Gasteiger partial charge in [0.1, 0.15) is 5.82 Å². The van der Waals surface area contributed by atoms with Crippen LogP contribution in [0.25, 0.3) is 0 Å². The van der Waals surface area contributed by atoms with Crippen LogP contribution >= 0.6 is 0 Å². The minimum absolute atomic E-state index is 0.0538. The Hall–Kier alpha value is -1.60. The van der Waals surface area contributed by atoms with Crippen molar-refractivity contribution in [3.05, 3.63) is 23.4 Å². The van der Waals surface area contributed by atoms with E-state index in [0.29, 0.717) is 5.56 Å². The van der Waals surface area contributed by atoms with Crippen molar-refractivity contribution in [2.24, 2.45) is 5.41 Å². The number of aliphatic hydroxyl groups excluding tert-OH is 1. The van der Waals surface area contributed by atoms with Gasteiger partial charge in [-0.1, -0.05) is 0 Å². The Labute approximate surface area is 94.9 Å². The second-order valence-corrected chi connectivity index (χ2v) is 4.51. The van der Waals surface area contributed by atoms with Gasteiger partial charge in [-0.05, 0) is 31.9 Å². The molecule has 16 heavy (non-hydrogen) atoms. The van der Waals surface area contributed by atoms with Crippen LogP contribution in [0.1, 0.15) is 24.1 Å². The highest BCUT2D eigenvalue weighted by Gasteiger charge is 2.41. The SMILES string of the molecule is Cc1cc(C#N)cc(NCC2(CO)CC2)n1. The zero-order valence-corrected chi connectivity index (χ0v) is 9.32. The van der Waals surface area contributed by atoms with E-state index in [1.807, 2.05) is 6.92 Å². The standard InChI is InChI=1S/C12H15N3O/c1-9-4-10(6-13)5-11(15-9)14-7-12(8-16)2-3-12/h4-5,16H,2-3,7-8H2,1H3,(H,14,15). The van der Waals surface area contributed by atoms with Crippen molar-refractivity contribution in [2.75, 3.05) is 18.5 Å². The highest BCUT2D eigenvalue weighted by atomic mass is 16.3. The zero-order valence-electron chi connectivity index (χ0n) is 9.32. The van der Waals surface area contributed by atoms with E-state index >= 15 is 0 Å². The Morgan fingerprint density at radius 2 is 2.31 bits per heavy atom. The molecule has 1 fully saturated rings. The van der Waals surface area contributed by atoms with E-state index < -0.39 is 0 Å². The Bertz CT molecular complexity index is 432. The van der Waals surface area contributed by atoms with Gasteiger partial charge < -0.3 is 10.4 Å². The molecule has 4 heteroatoms. The normalized spacial score (nSPS) is 16.6. The predicted molar refractivity (Wildman–Crippen MR) is 60.9 cm³/mol. The maximum Gasteiger partial charge on any atom is 0.127 e. The summed E-state index contributed by atoms with van der Waals surface area (Å²) in [5, 5.41) is 21.2. The van der Waals surface area contributed by atoms with Crippen LogP contribution < -0.4 is 5.32 Å². The molecule has 0 saturated heterocycles. The number of pyridine rings is 1. The maximum absolute atomic E-state index is 9.18. The summed E-state index contributed by atoms with van der Waals surface area (Å²) in [7, 11) is 0. The molecule has 2 N–H and O–H groups in total. The van der Waals surface area contributed by atoms with Crippen molar-refractivity contribution in [1.82, 2.24) is 4.98 Å². The number of nitrogens with zero attached hydrogens (tertiary/aromatic N) is 2. The third-order valence-corrected chi connectivity index (χ3v) is 3.02. The molecule has 0 atom stereocenters. The molecule has 0 radical (unpaired) electrons. The van der Waals surface area contributed by atoms with E-state index in [-0.39, 0.29) is 12.0 Å². The largest absolute Gasteiger partial charge is 0.396 e. The maximum atomic E-state index is 9.18. The Morgan fingerprint density at radius 3 is 2.88 bits per heavy atom. The summed E-state index contributed by atoms with van der Waals surface area (Å²) in [6.45, 7) is 2.81. The first kappa shape index (κ1) is 10.9. The fourth-order valence-electron chi connectivity index (χ4n) is 1.67. The molecular weight excluding hydrogens is 202 g/mol. The molecule has 1 aromatic heterocycles. The lowest BCUT2D eigenvalue weighted by Crippen LogP contribution is -2.19. The summed E-state index contributed by atoms with van der Waals surface area (Å²) >= 11 is 0. The van der Waals surface area contributed by atoms with Crippen LogP contribution in [0.3, 0.4) is 0 Å². The Kier molecular flexibility index (Phi) is 2.80. The van der Waals surface area contributed by atoms with Crippen LogP contribution in [0, 0.1) is 23.7 Å². The third kappa shape index (κ3) is 2.31. The van der Waals surface area contributed by atoms with Crippen molar-refractivity contribution >= 4 is 5.82 Å². The average molecular weight is 217 g/mol. The molecule has 4 nitrogen and oxygen atoms in total. The molecule has 2 rings (SSSR count). The fraction of sp³-hybridized carbons (Fsp3) is 0.500. The van der Waals surface area contributed by atoms with Crippen LogP contribution in [0.4, 0.5) is 5.82 Å². The molecular formula is C12H15N3O. The minimum Gasteiger partial charge on any atom is -0.396 e. The van der Waals surface area contributed by atoms with Crippen molar-refractivity contribution in [3.63, 3.8) is 0 Å². The summed E-state index contributed by atoms with van der Waals surface area (Å²) < 4.78 is 0. The van der Waals surface area contributed by atoms with E-state index in [4.69, 9.17) is 5.26 Å². The van der Waals surface area contributed by atoms with E-state index in [9.17, 15) is 5.11 Å². The molecule has 0 amide bonds. The number of nitrogens with one attached hydrogen (secondary N) is 1. The molecule has 1 aliphatic carbocycles. The molecule has 1 saturated carbocycles. The van der Waals surface area contributed by atoms with Crippen LogP contribution in [0.15, 0.2) is 12.1 Å². The number of anilines is 1. The number of hydrogen-bond donors (Lipinski definition) is 2. The van der Waals surface area contributed by atoms with Gasteiger partial charge in [0.05, 0.1) is 18.2 Å². The summed E-state index contributed by atoms with van der Waals surface area (Å²) in [5.41, 5.74) is 1.50. The monoisotopic (exact) mass is 217 g/mol. The first-order valence-corrected chi connectivity index (χ1v) is 5.41. The molecule has 0 aliphatic heterocycles. The molecule has 0 unspecified atom stereocenters. The van der Waals surface area contributed by atoms with Gasteiger partial charge in [-0.3, -0.25) is 0 Å². The third-order valence-electron chi connectivity index (χ3n) is 3.02. The lowest BCUT2D eigenvalue weighted by Gasteiger charge is -2.13. The van der Waals surface area contributed by atoms with E-state index in [0.717, 1.165) is 30.9 Å². The molecule has 84 valence electrons. The average Bonchev–Trinajstić information content (AvgIpc) is 3.06. The van der Waals surface area contributed by atoms with E-state index in [1.165, 1.54) is 0 Å². The van der Waals surface area contributed by atoms with Crippen LogP contribution in [0.5, 0.6) is 0 Å². The number of hydrogen-bond acceptors (Lipinski definition) is 4. The van der Waals surface area contributed by atoms with Gasteiger partial charge in [0, 0.05) is 17.7 Å². The van der Waals surface area contributed by atoms with Gasteiger partial charge in [-0.15, -0.1) is 0 Å². The first-order chi connectivity index (χ1) is 7.67. The predicted octanol–water partition coefficient (Wildman–Crippen LogP) is 1.45. The van der Waals surface area contributed by atoms with Crippen molar-refractivity contribution in [2.45, 2.75) is 19.8 Å².